The van der Waals surface area contributed by atoms with Crippen molar-refractivity contribution in [2.24, 2.45) is 0 Å². The van der Waals surface area contributed by atoms with Crippen LogP contribution in [0.4, 0.5) is 0 Å². The molecule has 0 saturated heterocycles. The van der Waals surface area contributed by atoms with Gasteiger partial charge in [0, 0.05) is 0 Å². The predicted molar refractivity (Wildman–Crippen MR) is 2.75 cm³/mol. The first-order valence-electron chi connectivity index (χ1n) is 0.129. The van der Waals surface area contributed by atoms with Gasteiger partial charge < -0.3 is 16.4 Å². The molecule has 0 bridgehead atoms. The number of rotatable bonds is 0. The van der Waals surface area contributed by atoms with Crippen LogP contribution in [0.15, 0.2) is 0 Å². The molecule has 0 N–H and O–H groups in total. The van der Waals surface area contributed by atoms with E-state index in [9.17, 15) is 0 Å². The van der Waals surface area contributed by atoms with Crippen molar-refractivity contribution in [3.63, 3.8) is 0 Å². The summed E-state index contributed by atoms with van der Waals surface area (Å²) in [5, 5.41) is 0. The van der Waals surface area contributed by atoms with Crippen LogP contribution < -0.4 is 0 Å². The summed E-state index contributed by atoms with van der Waals surface area (Å²) in [6, 6.07) is 0. The van der Waals surface area contributed by atoms with Crippen LogP contribution in [0, 0.1) is 71.2 Å². The molecule has 0 rings (SSSR count). The summed E-state index contributed by atoms with van der Waals surface area (Å²) in [7, 11) is 0. The summed E-state index contributed by atoms with van der Waals surface area (Å²) in [4.78, 5) is 0. The minimum absolute atomic E-state index is 0. The minimum atomic E-state index is 0. The van der Waals surface area contributed by atoms with Crippen LogP contribution in [0.25, 0.3) is 0 Å². The van der Waals surface area contributed by atoms with Gasteiger partial charge in [0.15, 0.2) is 0 Å². The van der Waals surface area contributed by atoms with Crippen molar-refractivity contribution in [1.82, 2.24) is 0 Å². The standard InChI is InChI=1S/2La.Ni.4O/q2*+3;;;3*-2. The molecule has 0 heterocycles. The zero-order valence-corrected chi connectivity index (χ0v) is 11.3. The van der Waals surface area contributed by atoms with Crippen LogP contribution in [0.1, 0.15) is 0 Å². The van der Waals surface area contributed by atoms with E-state index in [4.69, 9.17) is 3.90 Å². The van der Waals surface area contributed by atoms with Crippen molar-refractivity contribution < 1.29 is 107 Å². The second kappa shape index (κ2) is 74.6. The number of hydrogen-bond acceptors (Lipinski definition) is 1. The van der Waals surface area contributed by atoms with Gasteiger partial charge in [-0.1, -0.05) is 0 Å². The summed E-state index contributed by atoms with van der Waals surface area (Å²) in [5.41, 5.74) is 0. The van der Waals surface area contributed by atoms with E-state index in [1.165, 1.54) is 0 Å². The Kier molecular flexibility index (Phi) is 588. The summed E-state index contributed by atoms with van der Waals surface area (Å²) in [5.74, 6) is 0. The van der Waals surface area contributed by atoms with Gasteiger partial charge in [0.2, 0.25) is 0 Å². The first-order chi connectivity index (χ1) is 1.00. The van der Waals surface area contributed by atoms with E-state index < -0.39 is 0 Å². The van der Waals surface area contributed by atoms with Crippen molar-refractivity contribution in [2.45, 2.75) is 0 Å². The molecule has 0 spiro atoms. The van der Waals surface area contributed by atoms with E-state index in [2.05, 4.69) is 15.4 Å². The van der Waals surface area contributed by atoms with Crippen LogP contribution in [-0.4, -0.2) is 0 Å². The Morgan fingerprint density at radius 1 is 0.714 bits per heavy atom. The van der Waals surface area contributed by atoms with Gasteiger partial charge in [-0.25, -0.2) is 0 Å². The van der Waals surface area contributed by atoms with Gasteiger partial charge in [0.1, 0.15) is 0 Å². The molecule has 7 heavy (non-hydrogen) atoms. The fourth-order valence-corrected chi connectivity index (χ4v) is 0. The molecular formula is La2NiO4. The zero-order chi connectivity index (χ0) is 2.00. The van der Waals surface area contributed by atoms with Crippen LogP contribution >= 0.6 is 0 Å². The van der Waals surface area contributed by atoms with Crippen LogP contribution in [0.5, 0.6) is 0 Å². The van der Waals surface area contributed by atoms with E-state index in [-0.39, 0.29) is 87.6 Å². The van der Waals surface area contributed by atoms with E-state index in [0.29, 0.717) is 0 Å². The Hall–Kier alpha value is 2.56. The van der Waals surface area contributed by atoms with Gasteiger partial charge in [-0.3, -0.25) is 0 Å². The molecule has 0 aliphatic rings. The van der Waals surface area contributed by atoms with Gasteiger partial charge in [0.05, 0.1) is 0 Å². The third kappa shape index (κ3) is 56.1. The predicted octanol–water partition coefficient (Wildman–Crippen LogP) is -0.478. The molecule has 7 heteroatoms. The van der Waals surface area contributed by atoms with Gasteiger partial charge in [-0.05, 0) is 0 Å². The first-order valence-corrected chi connectivity index (χ1v) is 0.532. The number of hydrogen-bond donors (Lipinski definition) is 0. The molecule has 0 saturated carbocycles. The second-order valence-electron chi connectivity index (χ2n) is 0. The SMILES string of the molecule is [La+3].[La+3].[O-2].[O-2].[O-2].[O]=[Ni]. The van der Waals surface area contributed by atoms with E-state index in [0.717, 1.165) is 0 Å². The van der Waals surface area contributed by atoms with E-state index in [1.54, 1.807) is 0 Å². The molecule has 0 aromatic rings. The summed E-state index contributed by atoms with van der Waals surface area (Å²) in [6.45, 7) is 0. The van der Waals surface area contributed by atoms with Crippen molar-refractivity contribution in [1.29, 1.82) is 0 Å². The fraction of sp³-hybridized carbons (Fsp3) is 0. The summed E-state index contributed by atoms with van der Waals surface area (Å²) < 4.78 is 7.88. The molecule has 0 atom stereocenters. The molecule has 0 aliphatic carbocycles. The van der Waals surface area contributed by atoms with E-state index >= 15 is 0 Å². The Morgan fingerprint density at radius 2 is 0.714 bits per heavy atom. The quantitative estimate of drug-likeness (QED) is 0.504. The van der Waals surface area contributed by atoms with Crippen LogP contribution in [0.3, 0.4) is 0 Å². The Balaban J connectivity index is -0.000000000500. The van der Waals surface area contributed by atoms with Crippen molar-refractivity contribution in [3.05, 3.63) is 0 Å². The molecule has 40 valence electrons. The third-order valence-electron chi connectivity index (χ3n) is 0. The average Bonchev–Trinajstić information content (AvgIpc) is 1.00. The summed E-state index contributed by atoms with van der Waals surface area (Å²) >= 11 is 2.62. The molecule has 0 aliphatic heterocycles. The molecule has 0 fully saturated rings. The van der Waals surface area contributed by atoms with E-state index in [1.807, 2.05) is 0 Å². The van der Waals surface area contributed by atoms with Gasteiger partial charge in [0.25, 0.3) is 0 Å². The van der Waals surface area contributed by atoms with Crippen molar-refractivity contribution in [2.75, 3.05) is 0 Å². The monoisotopic (exact) mass is 400 g/mol. The normalized spacial score (nSPS) is 0.857. The molecule has 4 nitrogen and oxygen atoms in total. The average molecular weight is 401 g/mol. The maximum absolute atomic E-state index is 7.88. The Bertz CT molecular complexity index is 9.65. The molecule has 0 unspecified atom stereocenters. The van der Waals surface area contributed by atoms with Crippen LogP contribution in [0.2, 0.25) is 0 Å². The second-order valence-corrected chi connectivity index (χ2v) is 0. The fourth-order valence-electron chi connectivity index (χ4n) is 0. The summed E-state index contributed by atoms with van der Waals surface area (Å²) in [6.07, 6.45) is 0. The molecular weight excluding hydrogens is 401 g/mol. The maximum atomic E-state index is 7.88. The Labute approximate surface area is 105 Å². The van der Waals surface area contributed by atoms with Crippen LogP contribution in [-0.2, 0) is 35.7 Å². The van der Waals surface area contributed by atoms with Crippen molar-refractivity contribution in [3.8, 4) is 0 Å². The van der Waals surface area contributed by atoms with Gasteiger partial charge in [-0.15, -0.1) is 0 Å². The molecule has 0 aromatic carbocycles. The molecule has 0 radical (unpaired) electrons. The third-order valence-corrected chi connectivity index (χ3v) is 0. The first kappa shape index (κ1) is 55.2. The zero-order valence-electron chi connectivity index (χ0n) is 3.10. The van der Waals surface area contributed by atoms with Crippen molar-refractivity contribution >= 4 is 0 Å². The molecule has 0 aromatic heterocycles. The topological polar surface area (TPSA) is 103 Å². The Morgan fingerprint density at radius 3 is 0.714 bits per heavy atom. The van der Waals surface area contributed by atoms with Gasteiger partial charge >= 0.3 is 90.5 Å². The van der Waals surface area contributed by atoms with Gasteiger partial charge in [-0.2, -0.15) is 0 Å². The molecule has 0 amide bonds.